The van der Waals surface area contributed by atoms with Gasteiger partial charge in [0.2, 0.25) is 5.91 Å². The summed E-state index contributed by atoms with van der Waals surface area (Å²) in [6, 6.07) is 12.5. The molecule has 1 amide bonds. The van der Waals surface area contributed by atoms with Crippen molar-refractivity contribution < 1.29 is 9.32 Å². The van der Waals surface area contributed by atoms with E-state index in [2.05, 4.69) is 65.0 Å². The van der Waals surface area contributed by atoms with Crippen LogP contribution in [0, 0.1) is 5.92 Å². The Morgan fingerprint density at radius 2 is 1.97 bits per heavy atom. The number of benzene rings is 1. The minimum atomic E-state index is 0.109. The number of hydrogen-bond donors (Lipinski definition) is 2. The number of amides is 1. The minimum Gasteiger partial charge on any atom is -0.359 e. The molecule has 3 rings (SSSR count). The maximum absolute atomic E-state index is 12.6. The molecule has 1 fully saturated rings. The van der Waals surface area contributed by atoms with Gasteiger partial charge in [0, 0.05) is 26.2 Å². The van der Waals surface area contributed by atoms with Crippen LogP contribution in [0.15, 0.2) is 45.9 Å². The van der Waals surface area contributed by atoms with Crippen LogP contribution in [-0.2, 0) is 17.8 Å². The van der Waals surface area contributed by atoms with Crippen LogP contribution >= 0.6 is 0 Å². The second-order valence-corrected chi connectivity index (χ2v) is 8.17. The van der Waals surface area contributed by atoms with Crippen molar-refractivity contribution in [3.63, 3.8) is 0 Å². The Morgan fingerprint density at radius 1 is 1.23 bits per heavy atom. The lowest BCUT2D eigenvalue weighted by Crippen LogP contribution is -2.46. The van der Waals surface area contributed by atoms with Crippen LogP contribution in [0.25, 0.3) is 0 Å². The number of rotatable bonds is 7. The molecule has 7 heteroatoms. The Hall–Kier alpha value is -2.83. The van der Waals surface area contributed by atoms with E-state index in [1.54, 1.807) is 7.05 Å². The topological polar surface area (TPSA) is 82.8 Å². The fourth-order valence-corrected chi connectivity index (χ4v) is 3.68. The molecule has 0 aliphatic carbocycles. The molecule has 30 heavy (non-hydrogen) atoms. The summed E-state index contributed by atoms with van der Waals surface area (Å²) in [6.07, 6.45) is 3.20. The van der Waals surface area contributed by atoms with Gasteiger partial charge in [0.05, 0.1) is 18.8 Å². The van der Waals surface area contributed by atoms with E-state index in [1.165, 1.54) is 5.56 Å². The van der Waals surface area contributed by atoms with Gasteiger partial charge >= 0.3 is 0 Å². The Kier molecular flexibility index (Phi) is 7.88. The number of aliphatic imine (C=N–C) groups is 1. The van der Waals surface area contributed by atoms with Gasteiger partial charge in [-0.25, -0.2) is 0 Å². The highest BCUT2D eigenvalue weighted by molar-refractivity contribution is 5.86. The van der Waals surface area contributed by atoms with Gasteiger partial charge in [0.1, 0.15) is 0 Å². The summed E-state index contributed by atoms with van der Waals surface area (Å²) in [7, 11) is 1.69. The standard InChI is InChI=1S/C23H33N5O2/c1-17(2)21-14-20(30-27-21)15-25-23(24-3)26-16-22(29)28-11-9-19(10-12-28)13-18-7-5-4-6-8-18/h4-8,14,17,19H,9-13,15-16H2,1-3H3,(H2,24,25,26). The fourth-order valence-electron chi connectivity index (χ4n) is 3.68. The zero-order chi connectivity index (χ0) is 21.3. The molecule has 1 aromatic heterocycles. The van der Waals surface area contributed by atoms with E-state index in [4.69, 9.17) is 4.52 Å². The van der Waals surface area contributed by atoms with Crippen LogP contribution in [0.5, 0.6) is 0 Å². The van der Waals surface area contributed by atoms with E-state index < -0.39 is 0 Å². The van der Waals surface area contributed by atoms with Crippen molar-refractivity contribution in [3.8, 4) is 0 Å². The number of aromatic nitrogens is 1. The van der Waals surface area contributed by atoms with E-state index in [-0.39, 0.29) is 12.5 Å². The molecule has 0 atom stereocenters. The second-order valence-electron chi connectivity index (χ2n) is 8.17. The molecule has 0 unspecified atom stereocenters. The summed E-state index contributed by atoms with van der Waals surface area (Å²) < 4.78 is 5.32. The number of hydrogen-bond acceptors (Lipinski definition) is 4. The first-order chi connectivity index (χ1) is 14.5. The number of guanidine groups is 1. The van der Waals surface area contributed by atoms with Crippen LogP contribution in [0.2, 0.25) is 0 Å². The monoisotopic (exact) mass is 411 g/mol. The normalized spacial score (nSPS) is 15.5. The highest BCUT2D eigenvalue weighted by Crippen LogP contribution is 2.21. The van der Waals surface area contributed by atoms with Crippen LogP contribution in [0.1, 0.15) is 49.6 Å². The van der Waals surface area contributed by atoms with Crippen molar-refractivity contribution in [2.24, 2.45) is 10.9 Å². The minimum absolute atomic E-state index is 0.109. The number of likely N-dealkylation sites (tertiary alicyclic amines) is 1. The van der Waals surface area contributed by atoms with Crippen molar-refractivity contribution in [1.82, 2.24) is 20.7 Å². The van der Waals surface area contributed by atoms with Crippen LogP contribution in [0.4, 0.5) is 0 Å². The van der Waals surface area contributed by atoms with Gasteiger partial charge in [-0.05, 0) is 36.7 Å². The molecule has 0 spiro atoms. The van der Waals surface area contributed by atoms with Gasteiger partial charge in [-0.3, -0.25) is 9.79 Å². The summed E-state index contributed by atoms with van der Waals surface area (Å²) in [5.41, 5.74) is 2.31. The average molecular weight is 412 g/mol. The van der Waals surface area contributed by atoms with Gasteiger partial charge in [-0.15, -0.1) is 0 Å². The van der Waals surface area contributed by atoms with E-state index in [1.807, 2.05) is 11.0 Å². The Bertz CT molecular complexity index is 823. The number of piperidine rings is 1. The highest BCUT2D eigenvalue weighted by Gasteiger charge is 2.23. The fraction of sp³-hybridized carbons (Fsp3) is 0.522. The average Bonchev–Trinajstić information content (AvgIpc) is 3.24. The molecule has 1 aromatic carbocycles. The van der Waals surface area contributed by atoms with Gasteiger partial charge in [-0.2, -0.15) is 0 Å². The highest BCUT2D eigenvalue weighted by atomic mass is 16.5. The third-order valence-electron chi connectivity index (χ3n) is 5.56. The molecule has 2 aromatic rings. The van der Waals surface area contributed by atoms with Crippen LogP contribution in [-0.4, -0.2) is 48.6 Å². The van der Waals surface area contributed by atoms with E-state index >= 15 is 0 Å². The van der Waals surface area contributed by atoms with E-state index in [0.29, 0.717) is 24.3 Å². The van der Waals surface area contributed by atoms with Crippen LogP contribution in [0.3, 0.4) is 0 Å². The Morgan fingerprint density at radius 3 is 2.60 bits per heavy atom. The van der Waals surface area contributed by atoms with E-state index in [0.717, 1.165) is 43.8 Å². The number of nitrogens with one attached hydrogen (secondary N) is 2. The second kappa shape index (κ2) is 10.8. The number of nitrogens with zero attached hydrogens (tertiary/aromatic N) is 3. The predicted octanol–water partition coefficient (Wildman–Crippen LogP) is 2.94. The Labute approximate surface area is 178 Å². The van der Waals surface area contributed by atoms with Gasteiger partial charge in [0.15, 0.2) is 11.7 Å². The first-order valence-corrected chi connectivity index (χ1v) is 10.8. The number of carbonyl (C=O) groups is 1. The van der Waals surface area contributed by atoms with Crippen molar-refractivity contribution in [2.45, 2.75) is 45.6 Å². The number of carbonyl (C=O) groups excluding carboxylic acids is 1. The quantitative estimate of drug-likeness (QED) is 0.541. The van der Waals surface area contributed by atoms with Gasteiger partial charge < -0.3 is 20.1 Å². The molecular formula is C23H33N5O2. The van der Waals surface area contributed by atoms with Crippen molar-refractivity contribution in [2.75, 3.05) is 26.7 Å². The molecule has 1 aliphatic heterocycles. The Balaban J connectivity index is 1.37. The molecule has 162 valence electrons. The largest absolute Gasteiger partial charge is 0.359 e. The molecule has 0 saturated carbocycles. The summed E-state index contributed by atoms with van der Waals surface area (Å²) in [5, 5.41) is 10.3. The molecule has 2 N–H and O–H groups in total. The van der Waals surface area contributed by atoms with E-state index in [9.17, 15) is 4.79 Å². The maximum Gasteiger partial charge on any atom is 0.241 e. The molecule has 0 bridgehead atoms. The molecule has 1 saturated heterocycles. The lowest BCUT2D eigenvalue weighted by atomic mass is 9.90. The maximum atomic E-state index is 12.6. The van der Waals surface area contributed by atoms with Crippen molar-refractivity contribution >= 4 is 11.9 Å². The molecule has 1 aliphatic rings. The smallest absolute Gasteiger partial charge is 0.241 e. The first-order valence-electron chi connectivity index (χ1n) is 10.8. The summed E-state index contributed by atoms with van der Waals surface area (Å²) in [5.74, 6) is 2.40. The van der Waals surface area contributed by atoms with Gasteiger partial charge in [-0.1, -0.05) is 49.3 Å². The molecule has 2 heterocycles. The lowest BCUT2D eigenvalue weighted by Gasteiger charge is -2.32. The summed E-state index contributed by atoms with van der Waals surface area (Å²) >= 11 is 0. The summed E-state index contributed by atoms with van der Waals surface area (Å²) in [4.78, 5) is 18.7. The zero-order valence-corrected chi connectivity index (χ0v) is 18.2. The third-order valence-corrected chi connectivity index (χ3v) is 5.56. The predicted molar refractivity (Wildman–Crippen MR) is 118 cm³/mol. The molecule has 7 nitrogen and oxygen atoms in total. The summed E-state index contributed by atoms with van der Waals surface area (Å²) in [6.45, 7) is 6.49. The zero-order valence-electron chi connectivity index (χ0n) is 18.2. The van der Waals surface area contributed by atoms with Gasteiger partial charge in [0.25, 0.3) is 0 Å². The van der Waals surface area contributed by atoms with Crippen molar-refractivity contribution in [1.29, 1.82) is 0 Å². The van der Waals surface area contributed by atoms with Crippen molar-refractivity contribution in [3.05, 3.63) is 53.4 Å². The lowest BCUT2D eigenvalue weighted by molar-refractivity contribution is -0.131. The molecule has 0 radical (unpaired) electrons. The third kappa shape index (κ3) is 6.34. The van der Waals surface area contributed by atoms with Crippen LogP contribution < -0.4 is 10.6 Å². The SMILES string of the molecule is CN=C(NCC(=O)N1CCC(Cc2ccccc2)CC1)NCc1cc(C(C)C)no1. The molecular weight excluding hydrogens is 378 g/mol. The first kappa shape index (κ1) is 21.9.